The van der Waals surface area contributed by atoms with E-state index in [1.165, 1.54) is 6.92 Å². The topological polar surface area (TPSA) is 88.4 Å². The van der Waals surface area contributed by atoms with Crippen LogP contribution in [-0.2, 0) is 28.3 Å². The molecule has 1 aliphatic rings. The van der Waals surface area contributed by atoms with Crippen LogP contribution in [0, 0.1) is 0 Å². The Morgan fingerprint density at radius 2 is 1.74 bits per heavy atom. The van der Waals surface area contributed by atoms with Gasteiger partial charge in [0.05, 0.1) is 29.8 Å². The number of nitrogens with one attached hydrogen (secondary N) is 1. The molecule has 7 nitrogen and oxygen atoms in total. The van der Waals surface area contributed by atoms with Gasteiger partial charge in [0.2, 0.25) is 5.91 Å². The minimum absolute atomic E-state index is 0.0632. The first-order valence-electron chi connectivity index (χ1n) is 11.6. The van der Waals surface area contributed by atoms with Crippen LogP contribution in [-0.4, -0.2) is 40.1 Å². The highest BCUT2D eigenvalue weighted by Gasteiger charge is 2.39. The minimum atomic E-state index is -4.97. The number of H-pyrrole nitrogens is 1. The van der Waals surface area contributed by atoms with E-state index in [4.69, 9.17) is 4.74 Å². The van der Waals surface area contributed by atoms with Gasteiger partial charge in [-0.1, -0.05) is 35.5 Å². The third-order valence-electron chi connectivity index (χ3n) is 6.39. The highest BCUT2D eigenvalue weighted by Crippen LogP contribution is 2.39. The quantitative estimate of drug-likeness (QED) is 0.437. The van der Waals surface area contributed by atoms with E-state index in [1.807, 2.05) is 0 Å². The van der Waals surface area contributed by atoms with Crippen molar-refractivity contribution in [1.29, 1.82) is 0 Å². The van der Waals surface area contributed by atoms with Crippen molar-refractivity contribution in [3.8, 4) is 0 Å². The van der Waals surface area contributed by atoms with Crippen LogP contribution in [0.4, 0.5) is 26.3 Å². The number of alkyl halides is 6. The van der Waals surface area contributed by atoms with Gasteiger partial charge in [0.15, 0.2) is 5.82 Å². The van der Waals surface area contributed by atoms with Gasteiger partial charge in [0, 0.05) is 19.0 Å². The van der Waals surface area contributed by atoms with Crippen LogP contribution in [0.15, 0.2) is 57.8 Å². The maximum atomic E-state index is 13.3. The van der Waals surface area contributed by atoms with Gasteiger partial charge in [-0.05, 0) is 42.7 Å². The molecule has 0 unspecified atom stereocenters. The van der Waals surface area contributed by atoms with Gasteiger partial charge >= 0.3 is 18.1 Å². The normalized spacial score (nSPS) is 19.4. The average Bonchev–Trinajstić information content (AvgIpc) is 3.27. The van der Waals surface area contributed by atoms with E-state index in [2.05, 4.69) is 14.7 Å². The summed E-state index contributed by atoms with van der Waals surface area (Å²) in [6, 6.07) is 10.4. The molecular weight excluding hydrogens is 520 g/mol. The molecule has 0 spiro atoms. The van der Waals surface area contributed by atoms with E-state index in [1.54, 1.807) is 35.2 Å². The number of hydrogen-bond donors (Lipinski definition) is 1. The van der Waals surface area contributed by atoms with Crippen molar-refractivity contribution in [3.05, 3.63) is 87.2 Å². The van der Waals surface area contributed by atoms with Gasteiger partial charge in [-0.2, -0.15) is 26.3 Å². The van der Waals surface area contributed by atoms with E-state index in [0.717, 1.165) is 5.56 Å². The first-order valence-corrected chi connectivity index (χ1v) is 11.6. The van der Waals surface area contributed by atoms with Crippen molar-refractivity contribution in [3.63, 3.8) is 0 Å². The van der Waals surface area contributed by atoms with Gasteiger partial charge in [-0.25, -0.2) is 4.79 Å². The molecular formula is C25H23F6N3O4. The molecule has 1 aromatic heterocycles. The van der Waals surface area contributed by atoms with Crippen LogP contribution in [0.1, 0.15) is 53.4 Å². The molecule has 1 fully saturated rings. The number of hydrogen-bond acceptors (Lipinski definition) is 5. The molecule has 4 rings (SSSR count). The van der Waals surface area contributed by atoms with E-state index < -0.39 is 47.4 Å². The predicted molar refractivity (Wildman–Crippen MR) is 121 cm³/mol. The second-order valence-corrected chi connectivity index (χ2v) is 9.02. The monoisotopic (exact) mass is 543 g/mol. The fourth-order valence-electron chi connectivity index (χ4n) is 4.49. The maximum absolute atomic E-state index is 13.3. The summed E-state index contributed by atoms with van der Waals surface area (Å²) in [5.41, 5.74) is -2.29. The smallest absolute Gasteiger partial charge is 0.370 e. The molecule has 1 amide bonds. The summed E-state index contributed by atoms with van der Waals surface area (Å²) in [5.74, 6) is -1.48. The number of aromatic amines is 1. The average molecular weight is 543 g/mol. The molecule has 3 atom stereocenters. The van der Waals surface area contributed by atoms with Gasteiger partial charge < -0.3 is 9.64 Å². The summed E-state index contributed by atoms with van der Waals surface area (Å²) in [4.78, 5) is 27.8. The number of likely N-dealkylation sites (tertiary alicyclic amines) is 1. The lowest BCUT2D eigenvalue weighted by atomic mass is 9.87. The Balaban J connectivity index is 1.57. The van der Waals surface area contributed by atoms with Crippen LogP contribution in [0.2, 0.25) is 0 Å². The number of carbonyl (C=O) groups is 1. The van der Waals surface area contributed by atoms with Gasteiger partial charge in [0.25, 0.3) is 0 Å². The number of rotatable bonds is 6. The highest BCUT2D eigenvalue weighted by molar-refractivity contribution is 5.78. The predicted octanol–water partition coefficient (Wildman–Crippen LogP) is 5.11. The number of nitrogens with zero attached hydrogens (tertiary/aromatic N) is 2. The standard InChI is InChI=1S/C25H23F6N3O4/c1-14(16-9-17(24(26,27)28)11-18(10-16)25(29,30)31)37-20-7-8-34(13-19(20)15-5-3-2-4-6-15)22(35)12-21-32-23(36)38-33-21/h2-6,9-11,14,19-20H,7-8,12-13H2,1H3,(H,32,33,36)/t14-,19+,20+/m1/s1. The number of ether oxygens (including phenoxy) is 1. The van der Waals surface area contributed by atoms with Crippen molar-refractivity contribution >= 4 is 5.91 Å². The molecule has 2 aromatic carbocycles. The van der Waals surface area contributed by atoms with Gasteiger partial charge in [-0.3, -0.25) is 14.3 Å². The molecule has 0 aliphatic carbocycles. The Morgan fingerprint density at radius 3 is 2.29 bits per heavy atom. The van der Waals surface area contributed by atoms with Crippen molar-refractivity contribution < 1.29 is 40.4 Å². The Morgan fingerprint density at radius 1 is 1.11 bits per heavy atom. The zero-order chi connectivity index (χ0) is 27.7. The lowest BCUT2D eigenvalue weighted by molar-refractivity contribution is -0.143. The van der Waals surface area contributed by atoms with E-state index in [9.17, 15) is 35.9 Å². The number of carbonyl (C=O) groups excluding carboxylic acids is 1. The Kier molecular flexibility index (Phi) is 7.68. The molecule has 0 saturated carbocycles. The second kappa shape index (κ2) is 10.6. The third kappa shape index (κ3) is 6.44. The molecule has 13 heteroatoms. The van der Waals surface area contributed by atoms with Gasteiger partial charge in [0.1, 0.15) is 0 Å². The SMILES string of the molecule is C[C@@H](O[C@H]1CCN(C(=O)Cc2noc(=O)[nH]2)C[C@H]1c1ccccc1)c1cc(C(F)(F)F)cc(C(F)(F)F)c1. The van der Waals surface area contributed by atoms with Crippen molar-refractivity contribution in [2.24, 2.45) is 0 Å². The van der Waals surface area contributed by atoms with Crippen molar-refractivity contribution in [2.45, 2.75) is 50.2 Å². The van der Waals surface area contributed by atoms with E-state index in [0.29, 0.717) is 12.1 Å². The Labute approximate surface area is 212 Å². The van der Waals surface area contributed by atoms with E-state index in [-0.39, 0.29) is 49.3 Å². The largest absolute Gasteiger partial charge is 0.438 e. The summed E-state index contributed by atoms with van der Waals surface area (Å²) in [7, 11) is 0. The van der Waals surface area contributed by atoms with Crippen LogP contribution < -0.4 is 5.76 Å². The molecule has 1 aliphatic heterocycles. The first kappa shape index (κ1) is 27.4. The third-order valence-corrected chi connectivity index (χ3v) is 6.39. The van der Waals surface area contributed by atoms with Crippen LogP contribution in [0.25, 0.3) is 0 Å². The van der Waals surface area contributed by atoms with Crippen LogP contribution >= 0.6 is 0 Å². The fraction of sp³-hybridized carbons (Fsp3) is 0.400. The summed E-state index contributed by atoms with van der Waals surface area (Å²) >= 11 is 0. The number of piperidine rings is 1. The molecule has 2 heterocycles. The molecule has 38 heavy (non-hydrogen) atoms. The molecule has 204 valence electrons. The van der Waals surface area contributed by atoms with E-state index >= 15 is 0 Å². The summed E-state index contributed by atoms with van der Waals surface area (Å²) < 4.78 is 90.5. The molecule has 3 aromatic rings. The number of amides is 1. The van der Waals surface area contributed by atoms with Crippen molar-refractivity contribution in [1.82, 2.24) is 15.0 Å². The lowest BCUT2D eigenvalue weighted by Crippen LogP contribution is -2.46. The summed E-state index contributed by atoms with van der Waals surface area (Å²) in [6.45, 7) is 1.80. The number of halogens is 6. The fourth-order valence-corrected chi connectivity index (χ4v) is 4.49. The maximum Gasteiger partial charge on any atom is 0.438 e. The van der Waals surface area contributed by atoms with Crippen LogP contribution in [0.3, 0.4) is 0 Å². The number of aromatic nitrogens is 2. The van der Waals surface area contributed by atoms with Crippen molar-refractivity contribution in [2.75, 3.05) is 13.1 Å². The molecule has 1 saturated heterocycles. The van der Waals surface area contributed by atoms with Crippen LogP contribution in [0.5, 0.6) is 0 Å². The second-order valence-electron chi connectivity index (χ2n) is 9.02. The Bertz CT molecular complexity index is 1290. The summed E-state index contributed by atoms with van der Waals surface area (Å²) in [6.07, 6.45) is -11.6. The Hall–Kier alpha value is -3.61. The highest BCUT2D eigenvalue weighted by atomic mass is 19.4. The molecule has 0 radical (unpaired) electrons. The summed E-state index contributed by atoms with van der Waals surface area (Å²) in [5, 5.41) is 3.49. The zero-order valence-electron chi connectivity index (χ0n) is 20.0. The molecule has 0 bridgehead atoms. The van der Waals surface area contributed by atoms with Gasteiger partial charge in [-0.15, -0.1) is 0 Å². The minimum Gasteiger partial charge on any atom is -0.370 e. The number of benzene rings is 2. The molecule has 1 N–H and O–H groups in total. The lowest BCUT2D eigenvalue weighted by Gasteiger charge is -2.40. The first-order chi connectivity index (χ1) is 17.8. The zero-order valence-corrected chi connectivity index (χ0v) is 20.0.